The van der Waals surface area contributed by atoms with Gasteiger partial charge in [0.05, 0.1) is 14.2 Å². The number of nitrogens with zero attached hydrogens (tertiary/aromatic N) is 2. The molecule has 0 atom stereocenters. The lowest BCUT2D eigenvalue weighted by atomic mass is 10.1. The maximum Gasteiger partial charge on any atom is 0.254 e. The highest BCUT2D eigenvalue weighted by Gasteiger charge is 2.23. The highest BCUT2D eigenvalue weighted by molar-refractivity contribution is 5.94. The molecule has 5 nitrogen and oxygen atoms in total. The average molecular weight is 358 g/mol. The molecule has 3 rings (SSSR count). The van der Waals surface area contributed by atoms with E-state index >= 15 is 0 Å². The maximum atomic E-state index is 13.3. The summed E-state index contributed by atoms with van der Waals surface area (Å²) < 4.78 is 24.2. The quantitative estimate of drug-likeness (QED) is 0.842. The summed E-state index contributed by atoms with van der Waals surface area (Å²) >= 11 is 0. The van der Waals surface area contributed by atoms with Crippen LogP contribution in [0.4, 0.5) is 10.1 Å². The Kier molecular flexibility index (Phi) is 5.30. The smallest absolute Gasteiger partial charge is 0.254 e. The second-order valence-electron chi connectivity index (χ2n) is 6.29. The molecule has 0 aliphatic carbocycles. The molecule has 0 saturated carbocycles. The first-order chi connectivity index (χ1) is 12.5. The van der Waals surface area contributed by atoms with E-state index in [2.05, 4.69) is 11.0 Å². The van der Waals surface area contributed by atoms with Crippen molar-refractivity contribution in [2.45, 2.75) is 6.92 Å². The van der Waals surface area contributed by atoms with Gasteiger partial charge >= 0.3 is 0 Å². The van der Waals surface area contributed by atoms with Crippen LogP contribution in [0.3, 0.4) is 0 Å². The van der Waals surface area contributed by atoms with E-state index in [-0.39, 0.29) is 5.91 Å². The van der Waals surface area contributed by atoms with Crippen LogP contribution in [0.5, 0.6) is 11.5 Å². The van der Waals surface area contributed by atoms with E-state index in [1.807, 2.05) is 13.0 Å². The largest absolute Gasteiger partial charge is 0.493 e. The highest BCUT2D eigenvalue weighted by atomic mass is 19.1. The molecule has 2 aromatic rings. The Balaban J connectivity index is 1.71. The molecule has 0 aromatic heterocycles. The normalized spacial score (nSPS) is 14.3. The first kappa shape index (κ1) is 18.0. The van der Waals surface area contributed by atoms with Gasteiger partial charge in [0.15, 0.2) is 11.5 Å². The van der Waals surface area contributed by atoms with E-state index in [4.69, 9.17) is 9.47 Å². The zero-order chi connectivity index (χ0) is 18.7. The van der Waals surface area contributed by atoms with Crippen molar-refractivity contribution < 1.29 is 18.7 Å². The van der Waals surface area contributed by atoms with Crippen molar-refractivity contribution in [1.29, 1.82) is 0 Å². The zero-order valence-electron chi connectivity index (χ0n) is 15.3. The fourth-order valence-electron chi connectivity index (χ4n) is 3.29. The maximum absolute atomic E-state index is 13.3. The van der Waals surface area contributed by atoms with Gasteiger partial charge in [-0.05, 0) is 36.8 Å². The van der Waals surface area contributed by atoms with Crippen LogP contribution in [-0.4, -0.2) is 51.2 Å². The molecule has 0 radical (unpaired) electrons. The van der Waals surface area contributed by atoms with Crippen LogP contribution in [0.15, 0.2) is 36.4 Å². The molecule has 1 aliphatic heterocycles. The van der Waals surface area contributed by atoms with Crippen LogP contribution < -0.4 is 14.4 Å². The second-order valence-corrected chi connectivity index (χ2v) is 6.29. The lowest BCUT2D eigenvalue weighted by Gasteiger charge is -2.36. The van der Waals surface area contributed by atoms with Crippen LogP contribution in [-0.2, 0) is 0 Å². The number of anilines is 1. The summed E-state index contributed by atoms with van der Waals surface area (Å²) in [7, 11) is 3.25. The van der Waals surface area contributed by atoms with Gasteiger partial charge in [-0.15, -0.1) is 0 Å². The van der Waals surface area contributed by atoms with Crippen molar-refractivity contribution in [3.63, 3.8) is 0 Å². The first-order valence-electron chi connectivity index (χ1n) is 8.56. The summed E-state index contributed by atoms with van der Waals surface area (Å²) in [6.45, 7) is 4.56. The van der Waals surface area contributed by atoms with Crippen LogP contribution in [0, 0.1) is 12.7 Å². The van der Waals surface area contributed by atoms with Gasteiger partial charge in [0.2, 0.25) is 0 Å². The Morgan fingerprint density at radius 1 is 1.04 bits per heavy atom. The Bertz CT molecular complexity index is 802. The first-order valence-corrected chi connectivity index (χ1v) is 8.56. The molecule has 2 aromatic carbocycles. The van der Waals surface area contributed by atoms with Crippen LogP contribution in [0.25, 0.3) is 0 Å². The van der Waals surface area contributed by atoms with Crippen molar-refractivity contribution in [2.75, 3.05) is 45.3 Å². The number of hydrogen-bond acceptors (Lipinski definition) is 4. The van der Waals surface area contributed by atoms with Gasteiger partial charge < -0.3 is 19.3 Å². The Morgan fingerprint density at radius 2 is 1.77 bits per heavy atom. The van der Waals surface area contributed by atoms with Crippen molar-refractivity contribution in [1.82, 2.24) is 4.90 Å². The number of carbonyl (C=O) groups excluding carboxylic acids is 1. The predicted molar refractivity (Wildman–Crippen MR) is 98.8 cm³/mol. The number of hydrogen-bond donors (Lipinski definition) is 0. The van der Waals surface area contributed by atoms with Gasteiger partial charge in [0.1, 0.15) is 5.82 Å². The minimum absolute atomic E-state index is 0.132. The van der Waals surface area contributed by atoms with Crippen LogP contribution in [0.2, 0.25) is 0 Å². The fourth-order valence-corrected chi connectivity index (χ4v) is 3.29. The Labute approximate surface area is 152 Å². The number of amides is 1. The highest BCUT2D eigenvalue weighted by Crippen LogP contribution is 2.35. The van der Waals surface area contributed by atoms with Crippen LogP contribution in [0.1, 0.15) is 15.9 Å². The lowest BCUT2D eigenvalue weighted by molar-refractivity contribution is 0.0746. The number of aryl methyl sites for hydroxylation is 1. The summed E-state index contributed by atoms with van der Waals surface area (Å²) in [5, 5.41) is 0. The summed E-state index contributed by atoms with van der Waals surface area (Å²) in [4.78, 5) is 16.5. The summed E-state index contributed by atoms with van der Waals surface area (Å²) in [6.07, 6.45) is 0. The molecule has 26 heavy (non-hydrogen) atoms. The van der Waals surface area contributed by atoms with Gasteiger partial charge in [0.25, 0.3) is 5.91 Å². The lowest BCUT2D eigenvalue weighted by Crippen LogP contribution is -2.48. The molecule has 138 valence electrons. The molecule has 1 heterocycles. The third kappa shape index (κ3) is 3.59. The predicted octanol–water partition coefficient (Wildman–Crippen LogP) is 3.11. The Hall–Kier alpha value is -2.76. The van der Waals surface area contributed by atoms with E-state index in [0.29, 0.717) is 37.5 Å². The molecular formula is C20H23FN2O3. The van der Waals surface area contributed by atoms with Gasteiger partial charge in [-0.2, -0.15) is 0 Å². The molecule has 6 heteroatoms. The number of piperazine rings is 1. The number of halogens is 1. The molecule has 0 unspecified atom stereocenters. The van der Waals surface area contributed by atoms with Gasteiger partial charge in [-0.1, -0.05) is 6.07 Å². The number of ether oxygens (including phenoxy) is 2. The minimum atomic E-state index is -0.393. The van der Waals surface area contributed by atoms with Gasteiger partial charge in [-0.3, -0.25) is 4.79 Å². The standard InChI is InChI=1S/C20H23FN2O3/c1-14-11-17(13-18(25-2)19(14)26-3)22-7-9-23(10-8-22)20(24)15-5-4-6-16(21)12-15/h4-6,11-13H,7-10H2,1-3H3. The topological polar surface area (TPSA) is 42.0 Å². The number of methoxy groups -OCH3 is 2. The second kappa shape index (κ2) is 7.64. The molecule has 0 bridgehead atoms. The van der Waals surface area contributed by atoms with Gasteiger partial charge in [0, 0.05) is 43.5 Å². The third-order valence-electron chi connectivity index (χ3n) is 4.65. The number of carbonyl (C=O) groups is 1. The summed E-state index contributed by atoms with van der Waals surface area (Å²) in [5.74, 6) is 0.903. The summed E-state index contributed by atoms with van der Waals surface area (Å²) in [6, 6.07) is 9.85. The summed E-state index contributed by atoms with van der Waals surface area (Å²) in [5.41, 5.74) is 2.43. The van der Waals surface area contributed by atoms with Crippen molar-refractivity contribution in [2.24, 2.45) is 0 Å². The van der Waals surface area contributed by atoms with Crippen molar-refractivity contribution >= 4 is 11.6 Å². The van der Waals surface area contributed by atoms with E-state index in [1.54, 1.807) is 31.3 Å². The molecule has 0 N–H and O–H groups in total. The fraction of sp³-hybridized carbons (Fsp3) is 0.350. The van der Waals surface area contributed by atoms with E-state index < -0.39 is 5.82 Å². The van der Waals surface area contributed by atoms with Crippen molar-refractivity contribution in [3.05, 3.63) is 53.3 Å². The number of benzene rings is 2. The zero-order valence-corrected chi connectivity index (χ0v) is 15.3. The van der Waals surface area contributed by atoms with Crippen molar-refractivity contribution in [3.8, 4) is 11.5 Å². The molecule has 1 saturated heterocycles. The third-order valence-corrected chi connectivity index (χ3v) is 4.65. The molecule has 1 aliphatic rings. The SMILES string of the molecule is COc1cc(N2CCN(C(=O)c3cccc(F)c3)CC2)cc(C)c1OC. The van der Waals surface area contributed by atoms with Gasteiger partial charge in [-0.25, -0.2) is 4.39 Å². The molecule has 1 amide bonds. The van der Waals surface area contributed by atoms with Crippen LogP contribution >= 0.6 is 0 Å². The molecular weight excluding hydrogens is 335 g/mol. The minimum Gasteiger partial charge on any atom is -0.493 e. The van der Waals surface area contributed by atoms with E-state index in [1.165, 1.54) is 12.1 Å². The molecule has 0 spiro atoms. The monoisotopic (exact) mass is 358 g/mol. The Morgan fingerprint density at radius 3 is 2.38 bits per heavy atom. The molecule has 1 fully saturated rings. The van der Waals surface area contributed by atoms with E-state index in [9.17, 15) is 9.18 Å². The number of rotatable bonds is 4. The average Bonchev–Trinajstić information content (AvgIpc) is 2.66. The van der Waals surface area contributed by atoms with E-state index in [0.717, 1.165) is 17.0 Å².